The van der Waals surface area contributed by atoms with Gasteiger partial charge in [-0.05, 0) is 29.9 Å². The summed E-state index contributed by atoms with van der Waals surface area (Å²) in [7, 11) is 0. The highest BCUT2D eigenvalue weighted by Crippen LogP contribution is 2.16. The SMILES string of the molecule is CCCCSCCN1C(=O)OC[C@@H]1/C=C/[C@@H](O)Cc1ccc(F)cc1. The number of cyclic esters (lactones) is 1. The Morgan fingerprint density at radius 3 is 2.88 bits per heavy atom. The zero-order chi connectivity index (χ0) is 18.1. The van der Waals surface area contributed by atoms with Gasteiger partial charge >= 0.3 is 6.09 Å². The van der Waals surface area contributed by atoms with Crippen LogP contribution in [0, 0.1) is 5.82 Å². The third-order valence-electron chi connectivity index (χ3n) is 4.04. The molecule has 1 heterocycles. The van der Waals surface area contributed by atoms with Crippen LogP contribution in [0.4, 0.5) is 9.18 Å². The molecule has 1 fully saturated rings. The fourth-order valence-corrected chi connectivity index (χ4v) is 3.60. The summed E-state index contributed by atoms with van der Waals surface area (Å²) in [5.74, 6) is 1.70. The molecule has 1 amide bonds. The van der Waals surface area contributed by atoms with E-state index in [0.717, 1.165) is 17.1 Å². The number of rotatable bonds is 10. The summed E-state index contributed by atoms with van der Waals surface area (Å²) in [6.07, 6.45) is 5.32. The van der Waals surface area contributed by atoms with Crippen molar-refractivity contribution in [2.75, 3.05) is 24.7 Å². The number of aliphatic hydroxyl groups excluding tert-OH is 1. The average Bonchev–Trinajstić information content (AvgIpc) is 2.95. The fraction of sp³-hybridized carbons (Fsp3) is 0.526. The molecule has 1 aliphatic rings. The molecule has 1 aromatic rings. The largest absolute Gasteiger partial charge is 0.447 e. The molecule has 0 spiro atoms. The average molecular weight is 367 g/mol. The number of hydrogen-bond donors (Lipinski definition) is 1. The fourth-order valence-electron chi connectivity index (χ4n) is 2.58. The third kappa shape index (κ3) is 6.71. The van der Waals surface area contributed by atoms with E-state index in [2.05, 4.69) is 6.92 Å². The number of carbonyl (C=O) groups is 1. The maximum atomic E-state index is 12.9. The number of hydrogen-bond acceptors (Lipinski definition) is 4. The molecule has 1 N–H and O–H groups in total. The number of nitrogens with zero attached hydrogens (tertiary/aromatic N) is 1. The Hall–Kier alpha value is -1.53. The van der Waals surface area contributed by atoms with E-state index in [0.29, 0.717) is 19.6 Å². The van der Waals surface area contributed by atoms with Crippen molar-refractivity contribution in [2.24, 2.45) is 0 Å². The van der Waals surface area contributed by atoms with E-state index >= 15 is 0 Å². The van der Waals surface area contributed by atoms with Crippen LogP contribution in [0.5, 0.6) is 0 Å². The number of unbranched alkanes of at least 4 members (excludes halogenated alkanes) is 1. The normalized spacial score (nSPS) is 18.8. The van der Waals surface area contributed by atoms with E-state index in [1.165, 1.54) is 25.0 Å². The highest BCUT2D eigenvalue weighted by Gasteiger charge is 2.30. The predicted octanol–water partition coefficient (Wildman–Crippen LogP) is 3.64. The molecule has 138 valence electrons. The van der Waals surface area contributed by atoms with Crippen molar-refractivity contribution < 1.29 is 19.0 Å². The smallest absolute Gasteiger partial charge is 0.410 e. The molecule has 0 unspecified atom stereocenters. The lowest BCUT2D eigenvalue weighted by atomic mass is 10.1. The minimum atomic E-state index is -0.679. The van der Waals surface area contributed by atoms with Crippen LogP contribution in [0.15, 0.2) is 36.4 Å². The highest BCUT2D eigenvalue weighted by molar-refractivity contribution is 7.99. The summed E-state index contributed by atoms with van der Waals surface area (Å²) in [4.78, 5) is 13.5. The van der Waals surface area contributed by atoms with Gasteiger partial charge in [0, 0.05) is 18.7 Å². The zero-order valence-corrected chi connectivity index (χ0v) is 15.4. The van der Waals surface area contributed by atoms with Crippen LogP contribution in [0.1, 0.15) is 25.3 Å². The van der Waals surface area contributed by atoms with Crippen LogP contribution in [0.2, 0.25) is 0 Å². The first-order valence-corrected chi connectivity index (χ1v) is 9.87. The minimum absolute atomic E-state index is 0.137. The Bertz CT molecular complexity index is 564. The number of halogens is 1. The standard InChI is InChI=1S/C19H26FNO3S/c1-2-3-11-25-12-10-21-17(14-24-19(21)23)8-9-18(22)13-15-4-6-16(20)7-5-15/h4-9,17-18,22H,2-3,10-14H2,1H3/b9-8+/t17-,18+/m0/s1. The summed E-state index contributed by atoms with van der Waals surface area (Å²) in [6, 6.07) is 5.95. The highest BCUT2D eigenvalue weighted by atomic mass is 32.2. The molecule has 1 saturated heterocycles. The maximum absolute atomic E-state index is 12.9. The second-order valence-corrected chi connectivity index (χ2v) is 7.31. The number of carbonyl (C=O) groups excluding carboxylic acids is 1. The topological polar surface area (TPSA) is 49.8 Å². The number of aliphatic hydroxyl groups is 1. The van der Waals surface area contributed by atoms with Crippen molar-refractivity contribution in [3.8, 4) is 0 Å². The summed E-state index contributed by atoms with van der Waals surface area (Å²) in [5, 5.41) is 10.1. The van der Waals surface area contributed by atoms with Crippen molar-refractivity contribution in [3.63, 3.8) is 0 Å². The van der Waals surface area contributed by atoms with Crippen molar-refractivity contribution in [2.45, 2.75) is 38.3 Å². The van der Waals surface area contributed by atoms with E-state index in [4.69, 9.17) is 4.74 Å². The quantitative estimate of drug-likeness (QED) is 0.507. The van der Waals surface area contributed by atoms with Crippen LogP contribution in [0.25, 0.3) is 0 Å². The first-order valence-electron chi connectivity index (χ1n) is 8.72. The van der Waals surface area contributed by atoms with Crippen LogP contribution in [-0.4, -0.2) is 52.9 Å². The van der Waals surface area contributed by atoms with Gasteiger partial charge in [0.25, 0.3) is 0 Å². The molecule has 6 heteroatoms. The molecule has 0 saturated carbocycles. The Balaban J connectivity index is 1.80. The second-order valence-electron chi connectivity index (χ2n) is 6.09. The Morgan fingerprint density at radius 2 is 2.16 bits per heavy atom. The first kappa shape index (κ1) is 19.8. The molecule has 0 aliphatic carbocycles. The molecule has 1 aliphatic heterocycles. The molecular weight excluding hydrogens is 341 g/mol. The van der Waals surface area contributed by atoms with E-state index in [-0.39, 0.29) is 18.0 Å². The van der Waals surface area contributed by atoms with Gasteiger partial charge in [-0.15, -0.1) is 0 Å². The lowest BCUT2D eigenvalue weighted by molar-refractivity contribution is 0.159. The molecule has 0 aromatic heterocycles. The van der Waals surface area contributed by atoms with E-state index < -0.39 is 6.10 Å². The van der Waals surface area contributed by atoms with Crippen LogP contribution in [0.3, 0.4) is 0 Å². The zero-order valence-electron chi connectivity index (χ0n) is 14.6. The molecular formula is C19H26FNO3S. The van der Waals surface area contributed by atoms with Crippen molar-refractivity contribution in [1.82, 2.24) is 4.90 Å². The summed E-state index contributed by atoms with van der Waals surface area (Å²) >= 11 is 1.84. The lowest BCUT2D eigenvalue weighted by Gasteiger charge is -2.18. The Kier molecular flexibility index (Phi) is 8.28. The van der Waals surface area contributed by atoms with Gasteiger partial charge in [-0.3, -0.25) is 4.90 Å². The van der Waals surface area contributed by atoms with Crippen molar-refractivity contribution in [3.05, 3.63) is 47.8 Å². The van der Waals surface area contributed by atoms with E-state index in [1.54, 1.807) is 23.1 Å². The van der Waals surface area contributed by atoms with Gasteiger partial charge in [-0.25, -0.2) is 9.18 Å². The number of benzene rings is 1. The monoisotopic (exact) mass is 367 g/mol. The molecule has 0 radical (unpaired) electrons. The van der Waals surface area contributed by atoms with Gasteiger partial charge in [-0.2, -0.15) is 11.8 Å². The molecule has 2 atom stereocenters. The molecule has 4 nitrogen and oxygen atoms in total. The van der Waals surface area contributed by atoms with Crippen LogP contribution in [-0.2, 0) is 11.2 Å². The van der Waals surface area contributed by atoms with Crippen LogP contribution >= 0.6 is 11.8 Å². The molecule has 2 rings (SSSR count). The maximum Gasteiger partial charge on any atom is 0.410 e. The predicted molar refractivity (Wildman–Crippen MR) is 99.3 cm³/mol. The van der Waals surface area contributed by atoms with Crippen molar-refractivity contribution >= 4 is 17.9 Å². The molecule has 25 heavy (non-hydrogen) atoms. The van der Waals surface area contributed by atoms with Gasteiger partial charge in [0.15, 0.2) is 0 Å². The Morgan fingerprint density at radius 1 is 1.40 bits per heavy atom. The van der Waals surface area contributed by atoms with Gasteiger partial charge in [0.05, 0.1) is 12.1 Å². The van der Waals surface area contributed by atoms with Gasteiger partial charge in [-0.1, -0.05) is 37.6 Å². The third-order valence-corrected chi connectivity index (χ3v) is 5.09. The first-order chi connectivity index (χ1) is 12.1. The summed E-state index contributed by atoms with van der Waals surface area (Å²) in [6.45, 7) is 3.13. The Labute approximate surface area is 153 Å². The number of ether oxygens (including phenoxy) is 1. The molecule has 1 aromatic carbocycles. The van der Waals surface area contributed by atoms with E-state index in [9.17, 15) is 14.3 Å². The number of amides is 1. The van der Waals surface area contributed by atoms with E-state index in [1.807, 2.05) is 17.8 Å². The summed E-state index contributed by atoms with van der Waals surface area (Å²) < 4.78 is 18.0. The lowest BCUT2D eigenvalue weighted by Crippen LogP contribution is -2.34. The summed E-state index contributed by atoms with van der Waals surface area (Å²) in [5.41, 5.74) is 0.862. The number of thioether (sulfide) groups is 1. The van der Waals surface area contributed by atoms with Crippen molar-refractivity contribution in [1.29, 1.82) is 0 Å². The minimum Gasteiger partial charge on any atom is -0.447 e. The van der Waals surface area contributed by atoms with Crippen LogP contribution < -0.4 is 0 Å². The molecule has 0 bridgehead atoms. The van der Waals surface area contributed by atoms with Gasteiger partial charge < -0.3 is 9.84 Å². The van der Waals surface area contributed by atoms with Gasteiger partial charge in [0.1, 0.15) is 12.4 Å². The second kappa shape index (κ2) is 10.5. The van der Waals surface area contributed by atoms with Gasteiger partial charge in [0.2, 0.25) is 0 Å².